The summed E-state index contributed by atoms with van der Waals surface area (Å²) >= 11 is 1.58. The Morgan fingerprint density at radius 3 is 2.53 bits per heavy atom. The molecule has 1 aromatic heterocycles. The van der Waals surface area contributed by atoms with Crippen molar-refractivity contribution in [2.24, 2.45) is 0 Å². The maximum absolute atomic E-state index is 12.0. The van der Waals surface area contributed by atoms with Gasteiger partial charge in [0.05, 0.1) is 17.5 Å². The highest BCUT2D eigenvalue weighted by atomic mass is 32.1. The fourth-order valence-electron chi connectivity index (χ4n) is 1.95. The van der Waals surface area contributed by atoms with Crippen LogP contribution >= 0.6 is 11.3 Å². The quantitative estimate of drug-likeness (QED) is 0.863. The molecule has 1 amide bonds. The fourth-order valence-corrected chi connectivity index (χ4v) is 2.87. The number of nitrogens with one attached hydrogen (secondary N) is 1. The minimum atomic E-state index is -0.860. The topological polar surface area (TPSA) is 66.4 Å². The zero-order valence-corrected chi connectivity index (χ0v) is 10.7. The van der Waals surface area contributed by atoms with Crippen LogP contribution in [-0.4, -0.2) is 22.5 Å². The Morgan fingerprint density at radius 2 is 2.12 bits per heavy atom. The van der Waals surface area contributed by atoms with Gasteiger partial charge in [0.1, 0.15) is 0 Å². The van der Waals surface area contributed by atoms with Crippen molar-refractivity contribution in [3.05, 3.63) is 21.4 Å². The molecule has 0 unspecified atom stereocenters. The molecule has 0 bridgehead atoms. The van der Waals surface area contributed by atoms with Gasteiger partial charge >= 0.3 is 5.97 Å². The summed E-state index contributed by atoms with van der Waals surface area (Å²) in [6.07, 6.45) is 1.53. The van der Waals surface area contributed by atoms with Gasteiger partial charge in [0, 0.05) is 9.75 Å². The molecule has 0 spiro atoms. The van der Waals surface area contributed by atoms with Crippen molar-refractivity contribution in [2.45, 2.75) is 38.6 Å². The first-order chi connectivity index (χ1) is 7.92. The molecule has 2 rings (SSSR count). The van der Waals surface area contributed by atoms with E-state index in [1.807, 2.05) is 19.9 Å². The van der Waals surface area contributed by atoms with Crippen LogP contribution < -0.4 is 5.32 Å². The van der Waals surface area contributed by atoms with E-state index in [2.05, 4.69) is 5.32 Å². The Morgan fingerprint density at radius 1 is 1.47 bits per heavy atom. The van der Waals surface area contributed by atoms with Gasteiger partial charge < -0.3 is 10.4 Å². The first-order valence-electron chi connectivity index (χ1n) is 5.53. The normalized spacial score (nSPS) is 16.6. The average molecular weight is 253 g/mol. The van der Waals surface area contributed by atoms with E-state index in [1.54, 1.807) is 11.3 Å². The number of aliphatic carboxylic acids is 1. The molecule has 5 heteroatoms. The van der Waals surface area contributed by atoms with Gasteiger partial charge in [0.15, 0.2) is 0 Å². The van der Waals surface area contributed by atoms with Gasteiger partial charge in [0.25, 0.3) is 5.91 Å². The van der Waals surface area contributed by atoms with Gasteiger partial charge in [-0.1, -0.05) is 0 Å². The SMILES string of the molecule is Cc1cc(C(=O)NC2(CC(=O)O)CC2)c(C)s1. The predicted molar refractivity (Wildman–Crippen MR) is 65.5 cm³/mol. The average Bonchev–Trinajstić information content (AvgIpc) is 2.82. The Labute approximate surface area is 104 Å². The van der Waals surface area contributed by atoms with E-state index in [-0.39, 0.29) is 12.3 Å². The molecule has 1 heterocycles. The highest BCUT2D eigenvalue weighted by Gasteiger charge is 2.46. The summed E-state index contributed by atoms with van der Waals surface area (Å²) < 4.78 is 0. The Kier molecular flexibility index (Phi) is 2.95. The summed E-state index contributed by atoms with van der Waals surface area (Å²) in [6.45, 7) is 3.86. The smallest absolute Gasteiger partial charge is 0.305 e. The molecule has 0 aliphatic heterocycles. The summed E-state index contributed by atoms with van der Waals surface area (Å²) in [5.41, 5.74) is 0.176. The van der Waals surface area contributed by atoms with Crippen molar-refractivity contribution in [1.29, 1.82) is 0 Å². The van der Waals surface area contributed by atoms with Crippen LogP contribution in [0.2, 0.25) is 0 Å². The van der Waals surface area contributed by atoms with Crippen molar-refractivity contribution >= 4 is 23.2 Å². The molecular formula is C12H15NO3S. The number of thiophene rings is 1. The molecule has 0 aromatic carbocycles. The van der Waals surface area contributed by atoms with E-state index in [9.17, 15) is 9.59 Å². The maximum atomic E-state index is 12.0. The van der Waals surface area contributed by atoms with E-state index in [0.717, 1.165) is 22.6 Å². The largest absolute Gasteiger partial charge is 0.481 e. The molecule has 0 saturated heterocycles. The van der Waals surface area contributed by atoms with Crippen molar-refractivity contribution in [2.75, 3.05) is 0 Å². The van der Waals surface area contributed by atoms with Crippen LogP contribution in [0, 0.1) is 13.8 Å². The lowest BCUT2D eigenvalue weighted by molar-refractivity contribution is -0.137. The summed E-state index contributed by atoms with van der Waals surface area (Å²) in [4.78, 5) is 24.8. The fraction of sp³-hybridized carbons (Fsp3) is 0.500. The molecule has 1 aliphatic rings. The number of carboxylic acids is 1. The molecule has 17 heavy (non-hydrogen) atoms. The number of carbonyl (C=O) groups excluding carboxylic acids is 1. The Bertz CT molecular complexity index is 474. The lowest BCUT2D eigenvalue weighted by Crippen LogP contribution is -2.38. The summed E-state index contributed by atoms with van der Waals surface area (Å²) in [5, 5.41) is 11.6. The number of hydrogen-bond acceptors (Lipinski definition) is 3. The number of carboxylic acid groups (broad SMARTS) is 1. The second-order valence-corrected chi connectivity index (χ2v) is 6.09. The molecule has 1 aliphatic carbocycles. The monoisotopic (exact) mass is 253 g/mol. The molecule has 0 atom stereocenters. The van der Waals surface area contributed by atoms with E-state index < -0.39 is 11.5 Å². The number of carbonyl (C=O) groups is 2. The van der Waals surface area contributed by atoms with Crippen molar-refractivity contribution in [3.8, 4) is 0 Å². The highest BCUT2D eigenvalue weighted by Crippen LogP contribution is 2.39. The minimum absolute atomic E-state index is 0.0148. The standard InChI is InChI=1S/C12H15NO3S/c1-7-5-9(8(2)17-7)11(16)13-12(3-4-12)6-10(14)15/h5H,3-4,6H2,1-2H3,(H,13,16)(H,14,15). The molecule has 1 saturated carbocycles. The number of rotatable bonds is 4. The van der Waals surface area contributed by atoms with Crippen LogP contribution in [0.25, 0.3) is 0 Å². The van der Waals surface area contributed by atoms with E-state index in [0.29, 0.717) is 5.56 Å². The van der Waals surface area contributed by atoms with Crippen LogP contribution in [0.1, 0.15) is 39.4 Å². The molecule has 4 nitrogen and oxygen atoms in total. The van der Waals surface area contributed by atoms with Crippen LogP contribution in [0.15, 0.2) is 6.07 Å². The van der Waals surface area contributed by atoms with Gasteiger partial charge in [-0.2, -0.15) is 0 Å². The van der Waals surface area contributed by atoms with Gasteiger partial charge in [-0.3, -0.25) is 9.59 Å². The number of aryl methyl sites for hydroxylation is 2. The van der Waals surface area contributed by atoms with Crippen LogP contribution in [0.3, 0.4) is 0 Å². The van der Waals surface area contributed by atoms with E-state index >= 15 is 0 Å². The molecule has 92 valence electrons. The predicted octanol–water partition coefficient (Wildman–Crippen LogP) is 2.10. The van der Waals surface area contributed by atoms with E-state index in [1.165, 1.54) is 0 Å². The zero-order valence-electron chi connectivity index (χ0n) is 9.87. The molecule has 0 radical (unpaired) electrons. The molecule has 1 fully saturated rings. The van der Waals surface area contributed by atoms with E-state index in [4.69, 9.17) is 5.11 Å². The van der Waals surface area contributed by atoms with Crippen LogP contribution in [0.5, 0.6) is 0 Å². The summed E-state index contributed by atoms with van der Waals surface area (Å²) in [7, 11) is 0. The van der Waals surface area contributed by atoms with Crippen molar-refractivity contribution in [1.82, 2.24) is 5.32 Å². The lowest BCUT2D eigenvalue weighted by atomic mass is 10.1. The zero-order chi connectivity index (χ0) is 12.6. The lowest BCUT2D eigenvalue weighted by Gasteiger charge is -2.14. The number of amides is 1. The first kappa shape index (κ1) is 12.1. The first-order valence-corrected chi connectivity index (χ1v) is 6.35. The summed E-state index contributed by atoms with van der Waals surface area (Å²) in [6, 6.07) is 1.85. The Hall–Kier alpha value is -1.36. The molecule has 2 N–H and O–H groups in total. The van der Waals surface area contributed by atoms with Crippen LogP contribution in [0.4, 0.5) is 0 Å². The third kappa shape index (κ3) is 2.66. The third-order valence-electron chi connectivity index (χ3n) is 3.01. The van der Waals surface area contributed by atoms with Crippen LogP contribution in [-0.2, 0) is 4.79 Å². The minimum Gasteiger partial charge on any atom is -0.481 e. The molecular weight excluding hydrogens is 238 g/mol. The van der Waals surface area contributed by atoms with Gasteiger partial charge in [-0.15, -0.1) is 11.3 Å². The number of hydrogen-bond donors (Lipinski definition) is 2. The summed E-state index contributed by atoms with van der Waals surface area (Å²) in [5.74, 6) is -1.01. The van der Waals surface area contributed by atoms with Crippen molar-refractivity contribution in [3.63, 3.8) is 0 Å². The Balaban J connectivity index is 2.07. The highest BCUT2D eigenvalue weighted by molar-refractivity contribution is 7.12. The van der Waals surface area contributed by atoms with Crippen molar-refractivity contribution < 1.29 is 14.7 Å². The van der Waals surface area contributed by atoms with Gasteiger partial charge in [0.2, 0.25) is 0 Å². The third-order valence-corrected chi connectivity index (χ3v) is 3.97. The van der Waals surface area contributed by atoms with Gasteiger partial charge in [-0.25, -0.2) is 0 Å². The second kappa shape index (κ2) is 4.14. The van der Waals surface area contributed by atoms with Gasteiger partial charge in [-0.05, 0) is 32.8 Å². The maximum Gasteiger partial charge on any atom is 0.305 e. The molecule has 1 aromatic rings. The second-order valence-electron chi connectivity index (χ2n) is 4.63.